The number of benzene rings is 2. The number of hydrogen-bond donors (Lipinski definition) is 2. The van der Waals surface area contributed by atoms with Crippen LogP contribution in [0.4, 0.5) is 0 Å². The van der Waals surface area contributed by atoms with Crippen molar-refractivity contribution in [3.63, 3.8) is 0 Å². The minimum atomic E-state index is 0. The normalized spacial score (nSPS) is 10.5. The van der Waals surface area contributed by atoms with E-state index in [4.69, 9.17) is 10.5 Å². The summed E-state index contributed by atoms with van der Waals surface area (Å²) in [5, 5.41) is 3.09. The van der Waals surface area contributed by atoms with Gasteiger partial charge in [-0.1, -0.05) is 36.4 Å². The highest BCUT2D eigenvalue weighted by atomic mass is 35.5. The zero-order valence-electron chi connectivity index (χ0n) is 14.9. The van der Waals surface area contributed by atoms with Gasteiger partial charge in [-0.05, 0) is 35.6 Å². The second kappa shape index (κ2) is 11.7. The van der Waals surface area contributed by atoms with Crippen LogP contribution in [0.1, 0.15) is 22.3 Å². The Kier molecular flexibility index (Phi) is 10.9. The van der Waals surface area contributed by atoms with Crippen molar-refractivity contribution in [2.45, 2.75) is 19.4 Å². The largest absolute Gasteiger partial charge is 0.496 e. The van der Waals surface area contributed by atoms with Crippen LogP contribution in [0.15, 0.2) is 47.5 Å². The number of aliphatic imine (C=N–C) groups is 1. The molecule has 2 aromatic rings. The van der Waals surface area contributed by atoms with Crippen LogP contribution in [-0.4, -0.2) is 27.0 Å². The molecule has 2 aromatic carbocycles. The van der Waals surface area contributed by atoms with Gasteiger partial charge in [-0.3, -0.25) is 4.99 Å². The highest BCUT2D eigenvalue weighted by Crippen LogP contribution is 2.22. The molecule has 0 aliphatic carbocycles. The Morgan fingerprint density at radius 2 is 1.68 bits per heavy atom. The fourth-order valence-electron chi connectivity index (χ4n) is 2.62. The van der Waals surface area contributed by atoms with Crippen molar-refractivity contribution in [1.29, 1.82) is 0 Å². The molecule has 4 nitrogen and oxygen atoms in total. The molecule has 0 amide bonds. The lowest BCUT2D eigenvalue weighted by Gasteiger charge is -2.11. The van der Waals surface area contributed by atoms with Crippen LogP contribution in [-0.2, 0) is 19.4 Å². The van der Waals surface area contributed by atoms with Gasteiger partial charge in [0.05, 0.1) is 7.11 Å². The Bertz CT molecular complexity index is 673. The first-order valence-corrected chi connectivity index (χ1v) is 7.81. The molecule has 0 unspecified atom stereocenters. The van der Waals surface area contributed by atoms with Crippen molar-refractivity contribution in [3.8, 4) is 5.75 Å². The Morgan fingerprint density at radius 3 is 2.20 bits per heavy atom. The molecule has 25 heavy (non-hydrogen) atoms. The monoisotopic (exact) mass is 383 g/mol. The van der Waals surface area contributed by atoms with E-state index in [1.165, 1.54) is 11.1 Å². The van der Waals surface area contributed by atoms with Crippen LogP contribution in [0, 0.1) is 0 Å². The topological polar surface area (TPSA) is 59.6 Å². The molecule has 0 aromatic heterocycles. The van der Waals surface area contributed by atoms with Gasteiger partial charge >= 0.3 is 0 Å². The lowest BCUT2D eigenvalue weighted by atomic mass is 10.0. The Hall–Kier alpha value is -1.75. The number of methoxy groups -OCH3 is 1. The van der Waals surface area contributed by atoms with Crippen LogP contribution in [0.5, 0.6) is 5.75 Å². The summed E-state index contributed by atoms with van der Waals surface area (Å²) < 4.78 is 5.48. The maximum absolute atomic E-state index is 5.68. The van der Waals surface area contributed by atoms with Crippen LogP contribution < -0.4 is 15.8 Å². The number of nitrogens with zero attached hydrogens (tertiary/aromatic N) is 1. The van der Waals surface area contributed by atoms with Crippen molar-refractivity contribution >= 4 is 30.6 Å². The van der Waals surface area contributed by atoms with Crippen molar-refractivity contribution in [1.82, 2.24) is 5.32 Å². The highest BCUT2D eigenvalue weighted by molar-refractivity contribution is 5.98. The van der Waals surface area contributed by atoms with Crippen LogP contribution in [0.2, 0.25) is 0 Å². The molecule has 0 aliphatic rings. The molecule has 0 radical (unpaired) electrons. The second-order valence-corrected chi connectivity index (χ2v) is 5.37. The summed E-state index contributed by atoms with van der Waals surface area (Å²) in [7, 11) is 5.38. The van der Waals surface area contributed by atoms with E-state index in [9.17, 15) is 0 Å². The third-order valence-corrected chi connectivity index (χ3v) is 3.96. The zero-order chi connectivity index (χ0) is 16.7. The summed E-state index contributed by atoms with van der Waals surface area (Å²) in [6, 6.07) is 14.7. The molecule has 0 bridgehead atoms. The Morgan fingerprint density at radius 1 is 1.04 bits per heavy atom. The van der Waals surface area contributed by atoms with E-state index in [1.54, 1.807) is 14.2 Å². The molecule has 0 heterocycles. The maximum Gasteiger partial charge on any atom is 0.127 e. The molecule has 2 rings (SSSR count). The average Bonchev–Trinajstić information content (AvgIpc) is 2.62. The number of rotatable bonds is 6. The van der Waals surface area contributed by atoms with E-state index < -0.39 is 0 Å². The van der Waals surface area contributed by atoms with Gasteiger partial charge in [0.25, 0.3) is 0 Å². The molecule has 0 spiro atoms. The van der Waals surface area contributed by atoms with E-state index in [1.807, 2.05) is 13.1 Å². The summed E-state index contributed by atoms with van der Waals surface area (Å²) in [6.07, 6.45) is 1.91. The van der Waals surface area contributed by atoms with E-state index in [0.717, 1.165) is 35.6 Å². The average molecular weight is 384 g/mol. The second-order valence-electron chi connectivity index (χ2n) is 5.37. The molecule has 0 atom stereocenters. The van der Waals surface area contributed by atoms with Gasteiger partial charge in [0.15, 0.2) is 0 Å². The number of ether oxygens (including phenoxy) is 1. The molecule has 0 saturated carbocycles. The molecular weight excluding hydrogens is 357 g/mol. The van der Waals surface area contributed by atoms with Crippen LogP contribution in [0.25, 0.3) is 0 Å². The van der Waals surface area contributed by atoms with Crippen molar-refractivity contribution < 1.29 is 4.74 Å². The van der Waals surface area contributed by atoms with Crippen molar-refractivity contribution in [3.05, 3.63) is 64.7 Å². The molecule has 138 valence electrons. The van der Waals surface area contributed by atoms with E-state index in [0.29, 0.717) is 6.54 Å². The van der Waals surface area contributed by atoms with Crippen LogP contribution >= 0.6 is 24.8 Å². The smallest absolute Gasteiger partial charge is 0.127 e. The quantitative estimate of drug-likeness (QED) is 0.593. The predicted molar refractivity (Wildman–Crippen MR) is 111 cm³/mol. The number of nitrogens with two attached hydrogens (primary N) is 1. The summed E-state index contributed by atoms with van der Waals surface area (Å²) in [6.45, 7) is 0.533. The summed E-state index contributed by atoms with van der Waals surface area (Å²) in [5.41, 5.74) is 10.4. The predicted octanol–water partition coefficient (Wildman–Crippen LogP) is 3.38. The van der Waals surface area contributed by atoms with Gasteiger partial charge in [-0.15, -0.1) is 24.8 Å². The fourth-order valence-corrected chi connectivity index (χ4v) is 2.62. The van der Waals surface area contributed by atoms with Gasteiger partial charge in [-0.25, -0.2) is 0 Å². The molecule has 0 fully saturated rings. The van der Waals surface area contributed by atoms with Crippen molar-refractivity contribution in [2.75, 3.05) is 21.2 Å². The van der Waals surface area contributed by atoms with Gasteiger partial charge in [0.2, 0.25) is 0 Å². The first-order chi connectivity index (χ1) is 11.2. The van der Waals surface area contributed by atoms with Gasteiger partial charge in [0.1, 0.15) is 11.6 Å². The van der Waals surface area contributed by atoms with Gasteiger partial charge in [-0.2, -0.15) is 0 Å². The third-order valence-electron chi connectivity index (χ3n) is 3.96. The van der Waals surface area contributed by atoms with Crippen molar-refractivity contribution in [2.24, 2.45) is 10.7 Å². The first kappa shape index (κ1) is 23.2. The van der Waals surface area contributed by atoms with Gasteiger partial charge in [0, 0.05) is 26.2 Å². The van der Waals surface area contributed by atoms with E-state index >= 15 is 0 Å². The summed E-state index contributed by atoms with van der Waals surface area (Å²) in [4.78, 5) is 4.22. The Balaban J connectivity index is 0.00000288. The molecule has 3 N–H and O–H groups in total. The third kappa shape index (κ3) is 6.24. The van der Waals surface area contributed by atoms with Crippen LogP contribution in [0.3, 0.4) is 0 Å². The fraction of sp³-hybridized carbons (Fsp3) is 0.316. The zero-order valence-corrected chi connectivity index (χ0v) is 16.5. The SMILES string of the molecule is CN=C(NC)c1ccc(CCc2ccc(CN)cc2OC)cc1.Cl.Cl. The minimum absolute atomic E-state index is 0. The first-order valence-electron chi connectivity index (χ1n) is 7.81. The molecule has 0 saturated heterocycles. The minimum Gasteiger partial charge on any atom is -0.496 e. The lowest BCUT2D eigenvalue weighted by molar-refractivity contribution is 0.409. The highest BCUT2D eigenvalue weighted by Gasteiger charge is 2.05. The van der Waals surface area contributed by atoms with E-state index in [2.05, 4.69) is 46.7 Å². The number of aryl methyl sites for hydroxylation is 2. The standard InChI is InChI=1S/C19H25N3O.2ClH/c1-21-19(22-2)17-10-5-14(6-11-17)4-8-16-9-7-15(13-20)12-18(16)23-3;;/h5-7,9-12H,4,8,13,20H2,1-3H3,(H,21,22);2*1H. The number of hydrogen-bond acceptors (Lipinski definition) is 3. The molecule has 0 aliphatic heterocycles. The van der Waals surface area contributed by atoms with Gasteiger partial charge < -0.3 is 15.8 Å². The maximum atomic E-state index is 5.68. The molecular formula is C19H27Cl2N3O. The lowest BCUT2D eigenvalue weighted by Crippen LogP contribution is -2.19. The number of nitrogens with one attached hydrogen (secondary N) is 1. The summed E-state index contributed by atoms with van der Waals surface area (Å²) in [5.74, 6) is 1.82. The summed E-state index contributed by atoms with van der Waals surface area (Å²) >= 11 is 0. The number of amidine groups is 1. The Labute approximate surface area is 162 Å². The molecule has 6 heteroatoms. The number of halogens is 2. The van der Waals surface area contributed by atoms with E-state index in [-0.39, 0.29) is 24.8 Å².